The Morgan fingerprint density at radius 1 is 0.796 bits per heavy atom. The van der Waals surface area contributed by atoms with Crippen molar-refractivity contribution in [3.8, 4) is 11.5 Å². The maximum absolute atomic E-state index is 13.8. The number of carbonyl (C=O) groups excluding carboxylic acids is 4. The lowest BCUT2D eigenvalue weighted by Gasteiger charge is -2.43. The average Bonchev–Trinajstić information content (AvgIpc) is 3.37. The van der Waals surface area contributed by atoms with E-state index < -0.39 is 0 Å². The summed E-state index contributed by atoms with van der Waals surface area (Å²) in [5, 5.41) is 2.46. The summed E-state index contributed by atoms with van der Waals surface area (Å²) in [6.45, 7) is 5.98. The normalized spacial score (nSPS) is 23.0. The highest BCUT2D eigenvalue weighted by Gasteiger charge is 2.39. The van der Waals surface area contributed by atoms with Gasteiger partial charge >= 0.3 is 0 Å². The molecule has 256 valence electrons. The molecule has 3 aromatic rings. The van der Waals surface area contributed by atoms with Crippen molar-refractivity contribution in [2.45, 2.75) is 69.9 Å². The molecule has 1 N–H and O–H groups in total. The number of anilines is 1. The van der Waals surface area contributed by atoms with E-state index in [9.17, 15) is 19.2 Å². The third-order valence-corrected chi connectivity index (χ3v) is 10.8. The highest BCUT2D eigenvalue weighted by atomic mass is 16.5. The van der Waals surface area contributed by atoms with Crippen LogP contribution in [0.15, 0.2) is 60.7 Å². The number of fused-ring (bicyclic) bond motifs is 1. The number of nitrogens with zero attached hydrogens (tertiary/aromatic N) is 3. The largest absolute Gasteiger partial charge is 0.493 e. The van der Waals surface area contributed by atoms with Crippen LogP contribution in [0.25, 0.3) is 0 Å². The van der Waals surface area contributed by atoms with Gasteiger partial charge in [0.1, 0.15) is 0 Å². The Morgan fingerprint density at radius 3 is 2.22 bits per heavy atom. The summed E-state index contributed by atoms with van der Waals surface area (Å²) < 4.78 is 11.1. The van der Waals surface area contributed by atoms with Crippen LogP contribution < -0.4 is 19.7 Å². The van der Waals surface area contributed by atoms with E-state index in [2.05, 4.69) is 39.4 Å². The van der Waals surface area contributed by atoms with Gasteiger partial charge in [0.15, 0.2) is 11.5 Å². The van der Waals surface area contributed by atoms with Crippen molar-refractivity contribution < 1.29 is 28.7 Å². The molecule has 49 heavy (non-hydrogen) atoms. The van der Waals surface area contributed by atoms with Gasteiger partial charge in [-0.2, -0.15) is 0 Å². The summed E-state index contributed by atoms with van der Waals surface area (Å²) in [4.78, 5) is 57.3. The van der Waals surface area contributed by atoms with Gasteiger partial charge in [-0.05, 0) is 85.9 Å². The minimum Gasteiger partial charge on any atom is -0.493 e. The molecule has 0 aromatic heterocycles. The SMILES string of the molecule is CCOc1cc(CN2C(=O)c3cccc(N4CCN(C5CCC(c6ccc(C7CCC(=O)NC7=O)cc6)CC5)CC4)c3C2=O)ccc1OC. The van der Waals surface area contributed by atoms with E-state index in [1.807, 2.05) is 31.2 Å². The van der Waals surface area contributed by atoms with Crippen molar-refractivity contribution in [1.29, 1.82) is 0 Å². The zero-order valence-corrected chi connectivity index (χ0v) is 28.3. The molecule has 3 aliphatic heterocycles. The second kappa shape index (κ2) is 14.0. The molecular formula is C39H44N4O6. The summed E-state index contributed by atoms with van der Waals surface area (Å²) in [5.74, 6) is 0.570. The first-order valence-electron chi connectivity index (χ1n) is 17.6. The van der Waals surface area contributed by atoms with E-state index in [-0.39, 0.29) is 36.1 Å². The van der Waals surface area contributed by atoms with Crippen LogP contribution in [0.1, 0.15) is 94.7 Å². The van der Waals surface area contributed by atoms with Crippen LogP contribution in [-0.4, -0.2) is 79.4 Å². The number of carbonyl (C=O) groups is 4. The van der Waals surface area contributed by atoms with Gasteiger partial charge in [0, 0.05) is 38.6 Å². The number of piperidine rings is 1. The molecule has 1 aliphatic carbocycles. The van der Waals surface area contributed by atoms with Gasteiger partial charge in [0.25, 0.3) is 11.8 Å². The molecule has 1 unspecified atom stereocenters. The maximum atomic E-state index is 13.8. The second-order valence-electron chi connectivity index (χ2n) is 13.5. The first kappa shape index (κ1) is 32.8. The Kier molecular flexibility index (Phi) is 9.40. The van der Waals surface area contributed by atoms with Crippen molar-refractivity contribution in [2.75, 3.05) is 44.8 Å². The molecule has 10 heteroatoms. The number of rotatable bonds is 9. The molecular weight excluding hydrogens is 620 g/mol. The van der Waals surface area contributed by atoms with Gasteiger partial charge in [-0.25, -0.2) is 0 Å². The maximum Gasteiger partial charge on any atom is 0.263 e. The monoisotopic (exact) mass is 664 g/mol. The van der Waals surface area contributed by atoms with E-state index in [0.717, 1.165) is 68.7 Å². The number of piperazine rings is 1. The van der Waals surface area contributed by atoms with E-state index in [0.29, 0.717) is 54.0 Å². The minimum absolute atomic E-state index is 0.163. The Balaban J connectivity index is 0.945. The van der Waals surface area contributed by atoms with E-state index in [1.54, 1.807) is 19.2 Å². The standard InChI is InChI=1S/C39H44N4O6/c1-3-49-34-23-25(7-17-33(34)48-2)24-43-38(46)31-5-4-6-32(36(31)39(43)47)42-21-19-41(20-22-42)29-14-12-27(13-15-29)26-8-10-28(11-9-26)30-16-18-35(44)40-37(30)45/h4-11,17,23,27,29-30H,3,12-16,18-22,24H2,1-2H3,(H,40,44,45). The zero-order valence-electron chi connectivity index (χ0n) is 28.3. The van der Waals surface area contributed by atoms with Crippen LogP contribution in [0.3, 0.4) is 0 Å². The van der Waals surface area contributed by atoms with Gasteiger partial charge in [-0.1, -0.05) is 36.4 Å². The van der Waals surface area contributed by atoms with Crippen LogP contribution in [0, 0.1) is 0 Å². The molecule has 3 fully saturated rings. The molecule has 3 heterocycles. The fraction of sp³-hybridized carbons (Fsp3) is 0.436. The topological polar surface area (TPSA) is 108 Å². The van der Waals surface area contributed by atoms with Crippen LogP contribution in [-0.2, 0) is 16.1 Å². The number of imide groups is 2. The molecule has 0 bridgehead atoms. The van der Waals surface area contributed by atoms with E-state index in [1.165, 1.54) is 10.5 Å². The molecule has 1 saturated carbocycles. The molecule has 4 aliphatic rings. The number of hydrogen-bond acceptors (Lipinski definition) is 8. The Bertz CT molecular complexity index is 1740. The minimum atomic E-state index is -0.267. The molecule has 10 nitrogen and oxygen atoms in total. The average molecular weight is 665 g/mol. The number of nitrogens with one attached hydrogen (secondary N) is 1. The predicted molar refractivity (Wildman–Crippen MR) is 185 cm³/mol. The predicted octanol–water partition coefficient (Wildman–Crippen LogP) is 5.26. The Hall–Kier alpha value is -4.70. The highest BCUT2D eigenvalue weighted by Crippen LogP contribution is 2.38. The third-order valence-electron chi connectivity index (χ3n) is 10.8. The summed E-state index contributed by atoms with van der Waals surface area (Å²) in [6, 6.07) is 20.1. The highest BCUT2D eigenvalue weighted by molar-refractivity contribution is 6.23. The number of methoxy groups -OCH3 is 1. The summed E-state index contributed by atoms with van der Waals surface area (Å²) in [5.41, 5.74) is 4.92. The lowest BCUT2D eigenvalue weighted by atomic mass is 9.80. The Labute approximate surface area is 287 Å². The molecule has 7 rings (SSSR count). The van der Waals surface area contributed by atoms with Gasteiger partial charge in [-0.15, -0.1) is 0 Å². The lowest BCUT2D eigenvalue weighted by Crippen LogP contribution is -2.51. The first-order valence-corrected chi connectivity index (χ1v) is 17.6. The van der Waals surface area contributed by atoms with Crippen molar-refractivity contribution in [3.63, 3.8) is 0 Å². The smallest absolute Gasteiger partial charge is 0.263 e. The number of hydrogen-bond donors (Lipinski definition) is 1. The number of amides is 4. The number of ether oxygens (including phenoxy) is 2. The lowest BCUT2D eigenvalue weighted by molar-refractivity contribution is -0.134. The molecule has 1 atom stereocenters. The van der Waals surface area contributed by atoms with Gasteiger partial charge in [0.05, 0.1) is 43.0 Å². The van der Waals surface area contributed by atoms with Gasteiger partial charge < -0.3 is 14.4 Å². The van der Waals surface area contributed by atoms with Gasteiger partial charge in [-0.3, -0.25) is 34.3 Å². The number of benzene rings is 3. The summed E-state index contributed by atoms with van der Waals surface area (Å²) in [6.07, 6.45) is 5.49. The van der Waals surface area contributed by atoms with Crippen molar-refractivity contribution in [1.82, 2.24) is 15.1 Å². The molecule has 3 aromatic carbocycles. The van der Waals surface area contributed by atoms with Crippen LogP contribution in [0.4, 0.5) is 5.69 Å². The van der Waals surface area contributed by atoms with Crippen LogP contribution in [0.5, 0.6) is 11.5 Å². The van der Waals surface area contributed by atoms with Crippen molar-refractivity contribution in [2.24, 2.45) is 0 Å². The molecule has 2 saturated heterocycles. The first-order chi connectivity index (χ1) is 23.8. The molecule has 0 spiro atoms. The second-order valence-corrected chi connectivity index (χ2v) is 13.5. The fourth-order valence-electron chi connectivity index (χ4n) is 8.11. The van der Waals surface area contributed by atoms with Crippen molar-refractivity contribution >= 4 is 29.3 Å². The van der Waals surface area contributed by atoms with E-state index >= 15 is 0 Å². The van der Waals surface area contributed by atoms with Crippen molar-refractivity contribution in [3.05, 3.63) is 88.5 Å². The van der Waals surface area contributed by atoms with E-state index in [4.69, 9.17) is 9.47 Å². The van der Waals surface area contributed by atoms with Gasteiger partial charge in [0.2, 0.25) is 11.8 Å². The molecule has 0 radical (unpaired) electrons. The fourth-order valence-corrected chi connectivity index (χ4v) is 8.11. The van der Waals surface area contributed by atoms with Crippen LogP contribution in [0.2, 0.25) is 0 Å². The quantitative estimate of drug-likeness (QED) is 0.309. The Morgan fingerprint density at radius 2 is 1.53 bits per heavy atom. The summed E-state index contributed by atoms with van der Waals surface area (Å²) in [7, 11) is 1.59. The summed E-state index contributed by atoms with van der Waals surface area (Å²) >= 11 is 0. The van der Waals surface area contributed by atoms with Crippen LogP contribution >= 0.6 is 0 Å². The zero-order chi connectivity index (χ0) is 34.1. The third kappa shape index (κ3) is 6.54. The molecule has 4 amide bonds.